The molecule has 3 aliphatic heterocycles. The minimum atomic E-state index is -4.68. The summed E-state index contributed by atoms with van der Waals surface area (Å²) in [4.78, 5) is 73.9. The van der Waals surface area contributed by atoms with Gasteiger partial charge in [-0.05, 0) is 18.4 Å². The van der Waals surface area contributed by atoms with Crippen molar-refractivity contribution in [3.63, 3.8) is 0 Å². The number of ether oxygens (including phenoxy) is 1. The van der Waals surface area contributed by atoms with Crippen LogP contribution in [0.1, 0.15) is 34.9 Å². The normalized spacial score (nSPS) is 24.6. The van der Waals surface area contributed by atoms with Crippen LogP contribution in [0.15, 0.2) is 47.5 Å². The van der Waals surface area contributed by atoms with E-state index in [0.717, 1.165) is 22.2 Å². The molecule has 1 aliphatic carbocycles. The zero-order valence-electron chi connectivity index (χ0n) is 21.0. The molecule has 11 nitrogen and oxygen atoms in total. The quantitative estimate of drug-likeness (QED) is 0.603. The molecular formula is C26H24F3N5O6. The molecule has 0 unspecified atom stereocenters. The number of aromatic amines is 1. The molecule has 14 heteroatoms. The van der Waals surface area contributed by atoms with Gasteiger partial charge in [0.05, 0.1) is 12.1 Å². The van der Waals surface area contributed by atoms with Gasteiger partial charge in [0.2, 0.25) is 11.8 Å². The van der Waals surface area contributed by atoms with Crippen molar-refractivity contribution in [3.05, 3.63) is 64.3 Å². The molecule has 1 saturated carbocycles. The molecule has 210 valence electrons. The van der Waals surface area contributed by atoms with Gasteiger partial charge in [0.25, 0.3) is 11.5 Å². The first-order valence-corrected chi connectivity index (χ1v) is 12.7. The molecule has 40 heavy (non-hydrogen) atoms. The molecule has 4 heterocycles. The van der Waals surface area contributed by atoms with Gasteiger partial charge >= 0.3 is 12.3 Å². The van der Waals surface area contributed by atoms with Gasteiger partial charge in [-0.1, -0.05) is 30.3 Å². The van der Waals surface area contributed by atoms with Crippen LogP contribution in [0.3, 0.4) is 0 Å². The van der Waals surface area contributed by atoms with Crippen LogP contribution in [0.5, 0.6) is 0 Å². The maximum absolute atomic E-state index is 14.0. The number of amides is 4. The number of alkyl halides is 3. The number of nitrogens with zero attached hydrogens (tertiary/aromatic N) is 4. The van der Waals surface area contributed by atoms with Crippen molar-refractivity contribution in [3.8, 4) is 0 Å². The van der Waals surface area contributed by atoms with Crippen LogP contribution in [-0.4, -0.2) is 87.4 Å². The van der Waals surface area contributed by atoms with Crippen molar-refractivity contribution in [2.75, 3.05) is 32.8 Å². The summed E-state index contributed by atoms with van der Waals surface area (Å²) in [6.45, 7) is -0.637. The van der Waals surface area contributed by atoms with Gasteiger partial charge in [-0.2, -0.15) is 13.2 Å². The first-order chi connectivity index (χ1) is 19.0. The Bertz CT molecular complexity index is 1430. The van der Waals surface area contributed by atoms with E-state index in [4.69, 9.17) is 4.74 Å². The Hall–Kier alpha value is -4.23. The number of benzene rings is 1. The number of rotatable bonds is 4. The van der Waals surface area contributed by atoms with E-state index in [-0.39, 0.29) is 51.3 Å². The van der Waals surface area contributed by atoms with Crippen LogP contribution in [-0.2, 0) is 14.3 Å². The summed E-state index contributed by atoms with van der Waals surface area (Å²) in [5.41, 5.74) is -3.43. The van der Waals surface area contributed by atoms with Gasteiger partial charge in [0.1, 0.15) is 23.8 Å². The number of hydrogen-bond acceptors (Lipinski definition) is 7. The number of nitrogens with one attached hydrogen (secondary N) is 1. The van der Waals surface area contributed by atoms with E-state index >= 15 is 0 Å². The number of carbonyl (C=O) groups excluding carboxylic acids is 4. The van der Waals surface area contributed by atoms with Gasteiger partial charge in [-0.15, -0.1) is 0 Å². The Morgan fingerprint density at radius 1 is 1.02 bits per heavy atom. The number of aromatic nitrogens is 2. The highest BCUT2D eigenvalue weighted by Crippen LogP contribution is 2.60. The van der Waals surface area contributed by atoms with Crippen molar-refractivity contribution in [2.24, 2.45) is 16.7 Å². The summed E-state index contributed by atoms with van der Waals surface area (Å²) in [6, 6.07) is 8.04. The molecular weight excluding hydrogens is 535 g/mol. The summed E-state index contributed by atoms with van der Waals surface area (Å²) < 4.78 is 46.1. The lowest BCUT2D eigenvalue weighted by molar-refractivity contribution is -0.205. The smallest absolute Gasteiger partial charge is 0.417 e. The molecule has 2 aromatic rings. The summed E-state index contributed by atoms with van der Waals surface area (Å²) >= 11 is 0. The zero-order chi connectivity index (χ0) is 28.4. The zero-order valence-corrected chi connectivity index (χ0v) is 21.0. The molecule has 4 fully saturated rings. The van der Waals surface area contributed by atoms with Crippen LogP contribution in [0, 0.1) is 16.7 Å². The fourth-order valence-corrected chi connectivity index (χ4v) is 6.06. The molecule has 4 aliphatic rings. The number of halogens is 3. The second-order valence-electron chi connectivity index (χ2n) is 10.8. The Kier molecular flexibility index (Phi) is 5.78. The minimum Gasteiger partial charge on any atom is -0.446 e. The summed E-state index contributed by atoms with van der Waals surface area (Å²) in [5, 5.41) is 0. The molecule has 0 bridgehead atoms. The van der Waals surface area contributed by atoms with E-state index in [1.54, 1.807) is 30.3 Å². The third-order valence-electron chi connectivity index (χ3n) is 8.42. The molecule has 6 rings (SSSR count). The van der Waals surface area contributed by atoms with Crippen LogP contribution in [0.25, 0.3) is 0 Å². The van der Waals surface area contributed by atoms with E-state index in [0.29, 0.717) is 5.56 Å². The first-order valence-electron chi connectivity index (χ1n) is 12.7. The summed E-state index contributed by atoms with van der Waals surface area (Å²) in [5.74, 6) is -3.27. The average Bonchev–Trinajstić information content (AvgIpc) is 3.51. The molecule has 1 N–H and O–H groups in total. The van der Waals surface area contributed by atoms with Gasteiger partial charge in [-0.25, -0.2) is 14.7 Å². The molecule has 1 aromatic carbocycles. The van der Waals surface area contributed by atoms with Crippen molar-refractivity contribution in [1.82, 2.24) is 24.7 Å². The minimum absolute atomic E-state index is 0.0509. The van der Waals surface area contributed by atoms with E-state index in [1.807, 2.05) is 0 Å². The summed E-state index contributed by atoms with van der Waals surface area (Å²) in [7, 11) is 0. The molecule has 2 atom stereocenters. The van der Waals surface area contributed by atoms with Gasteiger partial charge in [-0.3, -0.25) is 19.2 Å². The number of cyclic esters (lactones) is 1. The lowest BCUT2D eigenvalue weighted by atomic mass is 9.70. The van der Waals surface area contributed by atoms with Gasteiger partial charge in [0.15, 0.2) is 0 Å². The SMILES string of the molecule is O=C(c1c[nH]c(=O)cn1)N1C[C@@H](C(=O)N2C(=O)OC[C@H]2c2ccccc2)C2(C1)CN(C(=O)C1(C(F)(F)F)CC1)C2. The Morgan fingerprint density at radius 3 is 2.30 bits per heavy atom. The van der Waals surface area contributed by atoms with Crippen molar-refractivity contribution < 1.29 is 37.1 Å². The number of H-pyrrole nitrogens is 1. The number of imide groups is 1. The van der Waals surface area contributed by atoms with E-state index < -0.39 is 58.3 Å². The highest BCUT2D eigenvalue weighted by atomic mass is 19.4. The van der Waals surface area contributed by atoms with Crippen molar-refractivity contribution >= 4 is 23.8 Å². The number of hydrogen-bond donors (Lipinski definition) is 1. The van der Waals surface area contributed by atoms with E-state index in [2.05, 4.69) is 9.97 Å². The second-order valence-corrected chi connectivity index (χ2v) is 10.8. The molecule has 1 spiro atoms. The highest BCUT2D eigenvalue weighted by molar-refractivity contribution is 5.98. The molecule has 0 radical (unpaired) electrons. The van der Waals surface area contributed by atoms with E-state index in [9.17, 15) is 37.1 Å². The Labute approximate surface area is 224 Å². The van der Waals surface area contributed by atoms with Crippen LogP contribution >= 0.6 is 0 Å². The first kappa shape index (κ1) is 26.0. The predicted octanol–water partition coefficient (Wildman–Crippen LogP) is 1.73. The molecule has 4 amide bonds. The monoisotopic (exact) mass is 559 g/mol. The van der Waals surface area contributed by atoms with Gasteiger partial charge < -0.3 is 19.5 Å². The van der Waals surface area contributed by atoms with Crippen LogP contribution in [0.4, 0.5) is 18.0 Å². The fourth-order valence-electron chi connectivity index (χ4n) is 6.06. The van der Waals surface area contributed by atoms with Gasteiger partial charge in [0, 0.05) is 37.8 Å². The third kappa shape index (κ3) is 3.95. The number of likely N-dealkylation sites (tertiary alicyclic amines) is 2. The van der Waals surface area contributed by atoms with Crippen molar-refractivity contribution in [1.29, 1.82) is 0 Å². The van der Waals surface area contributed by atoms with Crippen molar-refractivity contribution in [2.45, 2.75) is 25.1 Å². The van der Waals surface area contributed by atoms with Crippen LogP contribution in [0.2, 0.25) is 0 Å². The maximum Gasteiger partial charge on any atom is 0.417 e. The molecule has 3 saturated heterocycles. The van der Waals surface area contributed by atoms with Crippen LogP contribution < -0.4 is 5.56 Å². The Morgan fingerprint density at radius 2 is 1.70 bits per heavy atom. The highest BCUT2D eigenvalue weighted by Gasteiger charge is 2.72. The summed E-state index contributed by atoms with van der Waals surface area (Å²) in [6.07, 6.45) is -4.06. The molecule has 1 aromatic heterocycles. The maximum atomic E-state index is 14.0. The standard InChI is InChI=1S/C26H24F3N5O6/c27-26(28,29)25(6-7-25)22(38)33-13-24(14-33)12-32(21(37)17-8-31-19(35)9-30-17)10-16(24)20(36)34-18(11-40-23(34)39)15-4-2-1-3-5-15/h1-5,8-9,16,18H,6-7,10-14H2,(H,31,35)/t16-,18-/m0/s1. The Balaban J connectivity index is 1.29. The average molecular weight is 560 g/mol. The third-order valence-corrected chi connectivity index (χ3v) is 8.42. The number of carbonyl (C=O) groups is 4. The van der Waals surface area contributed by atoms with E-state index in [1.165, 1.54) is 4.90 Å². The lowest BCUT2D eigenvalue weighted by Crippen LogP contribution is -2.66. The lowest BCUT2D eigenvalue weighted by Gasteiger charge is -2.51. The predicted molar refractivity (Wildman–Crippen MR) is 128 cm³/mol. The fraction of sp³-hybridized carbons (Fsp3) is 0.462. The largest absolute Gasteiger partial charge is 0.446 e. The topological polar surface area (TPSA) is 133 Å². The second kappa shape index (κ2) is 8.89.